The summed E-state index contributed by atoms with van der Waals surface area (Å²) in [6.07, 6.45) is 1.16. The number of amides is 2. The van der Waals surface area contributed by atoms with Crippen LogP contribution in [0.2, 0.25) is 0 Å². The molecule has 0 spiro atoms. The Labute approximate surface area is 227 Å². The van der Waals surface area contributed by atoms with Crippen molar-refractivity contribution in [2.24, 2.45) is 5.16 Å². The Bertz CT molecular complexity index is 1320. The van der Waals surface area contributed by atoms with E-state index in [0.29, 0.717) is 0 Å². The van der Waals surface area contributed by atoms with Gasteiger partial charge in [0.05, 0.1) is 16.8 Å². The summed E-state index contributed by atoms with van der Waals surface area (Å²) in [4.78, 5) is 43.8. The van der Waals surface area contributed by atoms with Gasteiger partial charge in [-0.2, -0.15) is 0 Å². The summed E-state index contributed by atoms with van der Waals surface area (Å²) < 4.78 is 0. The summed E-state index contributed by atoms with van der Waals surface area (Å²) in [6.45, 7) is 0. The second-order valence-electron chi connectivity index (χ2n) is 8.55. The molecule has 0 saturated carbocycles. The van der Waals surface area contributed by atoms with Crippen LogP contribution in [0.1, 0.15) is 23.1 Å². The Morgan fingerprint density at radius 1 is 0.974 bits per heavy atom. The van der Waals surface area contributed by atoms with Crippen molar-refractivity contribution < 1.29 is 24.3 Å². The predicted molar refractivity (Wildman–Crippen MR) is 144 cm³/mol. The lowest BCUT2D eigenvalue weighted by Crippen LogP contribution is -2.56. The first-order valence-electron chi connectivity index (χ1n) is 11.7. The molecular formula is C28H22ClN3O5S. The molecule has 10 heteroatoms. The van der Waals surface area contributed by atoms with Crippen LogP contribution in [0.3, 0.4) is 0 Å². The minimum absolute atomic E-state index is 0.137. The number of carboxylic acid groups (broad SMARTS) is 1. The number of carbonyl (C=O) groups excluding carboxylic acids is 2. The van der Waals surface area contributed by atoms with E-state index in [4.69, 9.17) is 16.4 Å². The lowest BCUT2D eigenvalue weighted by Gasteiger charge is -2.45. The maximum Gasteiger partial charge on any atom is 0.353 e. The third-order valence-corrected chi connectivity index (χ3v) is 8.12. The molecule has 0 aromatic heterocycles. The molecule has 1 unspecified atom stereocenters. The fraction of sp³-hybridized carbons (Fsp3) is 0.143. The lowest BCUT2D eigenvalue weighted by atomic mass is 9.80. The van der Waals surface area contributed by atoms with Crippen molar-refractivity contribution in [1.29, 1.82) is 0 Å². The Hall–Kier alpha value is -4.08. The number of oxime groups is 1. The summed E-state index contributed by atoms with van der Waals surface area (Å²) in [7, 11) is 0. The molecule has 2 atom stereocenters. The van der Waals surface area contributed by atoms with Gasteiger partial charge in [0, 0.05) is 16.7 Å². The first kappa shape index (κ1) is 25.6. The summed E-state index contributed by atoms with van der Waals surface area (Å²) in [5.41, 5.74) is 0.960. The van der Waals surface area contributed by atoms with E-state index < -0.39 is 28.2 Å². The summed E-state index contributed by atoms with van der Waals surface area (Å²) in [5, 5.41) is 14.9. The molecule has 2 aliphatic rings. The van der Waals surface area contributed by atoms with E-state index in [9.17, 15) is 19.5 Å². The van der Waals surface area contributed by atoms with Gasteiger partial charge < -0.3 is 15.3 Å². The van der Waals surface area contributed by atoms with Gasteiger partial charge in [-0.25, -0.2) is 4.79 Å². The zero-order valence-electron chi connectivity index (χ0n) is 19.9. The highest BCUT2D eigenvalue weighted by molar-refractivity contribution is 8.00. The standard InChI is InChI=1S/C28H22ClN3O5S/c29-24-25(27(35)36)32-22(34)16-23(32)38-26(24)31-21(33)17-30-37-28(18-10-4-1-5-11-18,19-12-6-2-7-13-19)20-14-8-3-9-15-20/h1-15,17,23,26H,16H2,(H,31,33)(H,35,36)/b30-17-/t23-,26?/m1/s1. The average molecular weight is 548 g/mol. The molecule has 0 bridgehead atoms. The number of nitrogens with one attached hydrogen (secondary N) is 1. The topological polar surface area (TPSA) is 108 Å². The van der Waals surface area contributed by atoms with Crippen molar-refractivity contribution in [1.82, 2.24) is 10.2 Å². The number of hydrogen-bond donors (Lipinski definition) is 2. The van der Waals surface area contributed by atoms with Crippen LogP contribution in [0, 0.1) is 0 Å². The van der Waals surface area contributed by atoms with Crippen LogP contribution in [-0.2, 0) is 24.8 Å². The minimum Gasteiger partial charge on any atom is -0.477 e. The van der Waals surface area contributed by atoms with Crippen molar-refractivity contribution in [3.63, 3.8) is 0 Å². The van der Waals surface area contributed by atoms with Crippen LogP contribution in [-0.4, -0.2) is 44.8 Å². The van der Waals surface area contributed by atoms with Crippen molar-refractivity contribution in [3.05, 3.63) is 118 Å². The van der Waals surface area contributed by atoms with Gasteiger partial charge in [-0.15, -0.1) is 11.8 Å². The molecular weight excluding hydrogens is 526 g/mol. The molecule has 2 heterocycles. The fourth-order valence-corrected chi connectivity index (χ4v) is 6.21. The Kier molecular flexibility index (Phi) is 7.22. The predicted octanol–water partition coefficient (Wildman–Crippen LogP) is 4.26. The number of thioether (sulfide) groups is 1. The van der Waals surface area contributed by atoms with E-state index in [1.807, 2.05) is 91.0 Å². The number of hydrogen-bond acceptors (Lipinski definition) is 6. The molecule has 0 radical (unpaired) electrons. The van der Waals surface area contributed by atoms with Gasteiger partial charge >= 0.3 is 5.97 Å². The smallest absolute Gasteiger partial charge is 0.353 e. The Balaban J connectivity index is 1.44. The number of rotatable bonds is 8. The molecule has 0 aliphatic carbocycles. The van der Waals surface area contributed by atoms with Crippen LogP contribution in [0.25, 0.3) is 0 Å². The molecule has 5 rings (SSSR count). The maximum atomic E-state index is 12.8. The van der Waals surface area contributed by atoms with Gasteiger partial charge in [0.2, 0.25) is 11.5 Å². The number of β-lactam (4-membered cyclic amide) rings is 1. The van der Waals surface area contributed by atoms with Crippen LogP contribution >= 0.6 is 23.4 Å². The normalized spacial score (nSPS) is 19.1. The van der Waals surface area contributed by atoms with E-state index >= 15 is 0 Å². The van der Waals surface area contributed by atoms with Gasteiger partial charge in [-0.05, 0) is 0 Å². The average Bonchev–Trinajstić information content (AvgIpc) is 2.94. The first-order valence-corrected chi connectivity index (χ1v) is 13.0. The summed E-state index contributed by atoms with van der Waals surface area (Å²) >= 11 is 7.48. The molecule has 8 nitrogen and oxygen atoms in total. The molecule has 1 saturated heterocycles. The quantitative estimate of drug-likeness (QED) is 0.189. The number of carbonyl (C=O) groups is 3. The molecule has 38 heavy (non-hydrogen) atoms. The van der Waals surface area contributed by atoms with E-state index in [1.54, 1.807) is 0 Å². The van der Waals surface area contributed by atoms with E-state index in [0.717, 1.165) is 27.8 Å². The molecule has 2 amide bonds. The highest BCUT2D eigenvalue weighted by Crippen LogP contribution is 2.44. The minimum atomic E-state index is -1.33. The molecule has 2 aliphatic heterocycles. The lowest BCUT2D eigenvalue weighted by molar-refractivity contribution is -0.146. The van der Waals surface area contributed by atoms with Crippen molar-refractivity contribution in [2.45, 2.75) is 22.8 Å². The van der Waals surface area contributed by atoms with Crippen LogP contribution in [0.15, 0.2) is 107 Å². The second-order valence-corrected chi connectivity index (χ2v) is 10.2. The number of benzene rings is 3. The third-order valence-electron chi connectivity index (χ3n) is 6.27. The van der Waals surface area contributed by atoms with Gasteiger partial charge in [0.15, 0.2) is 0 Å². The Morgan fingerprint density at radius 2 is 1.47 bits per heavy atom. The van der Waals surface area contributed by atoms with Crippen molar-refractivity contribution in [3.8, 4) is 0 Å². The van der Waals surface area contributed by atoms with Gasteiger partial charge in [0.25, 0.3) is 5.91 Å². The molecule has 1 fully saturated rings. The SMILES string of the molecule is O=C(/C=N\OC(c1ccccc1)(c1ccccc1)c1ccccc1)NC1S[C@@H]2CC(=O)N2C(C(=O)O)=C1Cl. The zero-order valence-corrected chi connectivity index (χ0v) is 21.4. The number of fused-ring (bicyclic) bond motifs is 1. The highest BCUT2D eigenvalue weighted by atomic mass is 35.5. The van der Waals surface area contributed by atoms with E-state index in [1.165, 1.54) is 11.8 Å². The van der Waals surface area contributed by atoms with Crippen LogP contribution < -0.4 is 5.32 Å². The molecule has 3 aromatic carbocycles. The highest BCUT2D eigenvalue weighted by Gasteiger charge is 2.48. The van der Waals surface area contributed by atoms with Gasteiger partial charge in [-0.3, -0.25) is 14.5 Å². The van der Waals surface area contributed by atoms with Crippen molar-refractivity contribution in [2.75, 3.05) is 0 Å². The van der Waals surface area contributed by atoms with E-state index in [2.05, 4.69) is 10.5 Å². The van der Waals surface area contributed by atoms with Gasteiger partial charge in [0.1, 0.15) is 17.3 Å². The molecule has 2 N–H and O–H groups in total. The zero-order chi connectivity index (χ0) is 26.7. The number of nitrogens with zero attached hydrogens (tertiary/aromatic N) is 2. The third kappa shape index (κ3) is 4.66. The first-order chi connectivity index (χ1) is 18.4. The monoisotopic (exact) mass is 547 g/mol. The Morgan fingerprint density at radius 3 is 1.92 bits per heavy atom. The molecule has 3 aromatic rings. The number of carboxylic acids is 1. The largest absolute Gasteiger partial charge is 0.477 e. The number of halogens is 1. The van der Waals surface area contributed by atoms with Gasteiger partial charge in [-0.1, -0.05) is 108 Å². The summed E-state index contributed by atoms with van der Waals surface area (Å²) in [5.74, 6) is -2.28. The second kappa shape index (κ2) is 10.7. The maximum absolute atomic E-state index is 12.8. The fourth-order valence-electron chi connectivity index (χ4n) is 4.52. The van der Waals surface area contributed by atoms with Crippen LogP contribution in [0.4, 0.5) is 0 Å². The molecule has 192 valence electrons. The number of aliphatic carboxylic acids is 1. The summed E-state index contributed by atoms with van der Waals surface area (Å²) in [6, 6.07) is 28.7. The van der Waals surface area contributed by atoms with E-state index in [-0.39, 0.29) is 23.1 Å². The van der Waals surface area contributed by atoms with Crippen LogP contribution in [0.5, 0.6) is 0 Å². The van der Waals surface area contributed by atoms with Crippen molar-refractivity contribution >= 4 is 47.4 Å².